The lowest BCUT2D eigenvalue weighted by molar-refractivity contribution is -0.137. The lowest BCUT2D eigenvalue weighted by Crippen LogP contribution is -2.16. The van der Waals surface area contributed by atoms with Gasteiger partial charge >= 0.3 is 6.18 Å². The van der Waals surface area contributed by atoms with Gasteiger partial charge in [-0.2, -0.15) is 13.2 Å². The number of primary amides is 1. The molecule has 0 aliphatic carbocycles. The summed E-state index contributed by atoms with van der Waals surface area (Å²) in [4.78, 5) is 11.1. The van der Waals surface area contributed by atoms with Gasteiger partial charge in [-0.25, -0.2) is 0 Å². The highest BCUT2D eigenvalue weighted by molar-refractivity contribution is 5.91. The molecule has 0 spiro atoms. The number of alkyl halides is 3. The van der Waals surface area contributed by atoms with Crippen molar-refractivity contribution in [3.63, 3.8) is 0 Å². The molecular formula is C12H9F3N2O. The zero-order chi connectivity index (χ0) is 13.3. The van der Waals surface area contributed by atoms with Crippen LogP contribution < -0.4 is 5.73 Å². The molecule has 1 amide bonds. The van der Waals surface area contributed by atoms with Crippen molar-refractivity contribution < 1.29 is 18.0 Å². The molecule has 1 aromatic heterocycles. The molecule has 0 unspecified atom stereocenters. The fourth-order valence-electron chi connectivity index (χ4n) is 1.64. The summed E-state index contributed by atoms with van der Waals surface area (Å²) in [6.07, 6.45) is -2.94. The molecule has 1 aromatic carbocycles. The monoisotopic (exact) mass is 254 g/mol. The number of carbonyl (C=O) groups is 1. The van der Waals surface area contributed by atoms with Gasteiger partial charge in [-0.05, 0) is 30.3 Å². The van der Waals surface area contributed by atoms with Crippen molar-refractivity contribution in [3.05, 3.63) is 53.9 Å². The Morgan fingerprint density at radius 3 is 2.50 bits per heavy atom. The molecule has 2 rings (SSSR count). The summed E-state index contributed by atoms with van der Waals surface area (Å²) in [5, 5.41) is 0. The smallest absolute Gasteiger partial charge is 0.364 e. The van der Waals surface area contributed by atoms with E-state index in [0.29, 0.717) is 0 Å². The van der Waals surface area contributed by atoms with Crippen LogP contribution in [0, 0.1) is 0 Å². The molecule has 3 nitrogen and oxygen atoms in total. The number of nitrogens with zero attached hydrogens (tertiary/aromatic N) is 1. The number of carbonyl (C=O) groups excluding carboxylic acids is 1. The van der Waals surface area contributed by atoms with Crippen LogP contribution in [0.1, 0.15) is 16.1 Å². The first-order valence-electron chi connectivity index (χ1n) is 5.04. The molecule has 0 saturated heterocycles. The Morgan fingerprint density at radius 2 is 1.89 bits per heavy atom. The van der Waals surface area contributed by atoms with Gasteiger partial charge in [0.2, 0.25) is 0 Å². The van der Waals surface area contributed by atoms with Crippen LogP contribution >= 0.6 is 0 Å². The van der Waals surface area contributed by atoms with E-state index in [9.17, 15) is 18.0 Å². The van der Waals surface area contributed by atoms with Gasteiger partial charge in [0, 0.05) is 11.9 Å². The maximum Gasteiger partial charge on any atom is 0.416 e. The molecule has 18 heavy (non-hydrogen) atoms. The van der Waals surface area contributed by atoms with Gasteiger partial charge in [0.25, 0.3) is 5.91 Å². The summed E-state index contributed by atoms with van der Waals surface area (Å²) in [5.41, 5.74) is 4.74. The van der Waals surface area contributed by atoms with Crippen LogP contribution in [0.4, 0.5) is 13.2 Å². The van der Waals surface area contributed by atoms with Crippen molar-refractivity contribution in [1.29, 1.82) is 0 Å². The Balaban J connectivity index is 2.52. The molecule has 0 bridgehead atoms. The van der Waals surface area contributed by atoms with Crippen LogP contribution in [0.2, 0.25) is 0 Å². The number of benzene rings is 1. The number of rotatable bonds is 2. The van der Waals surface area contributed by atoms with Gasteiger partial charge in [-0.15, -0.1) is 0 Å². The molecule has 6 heteroatoms. The third-order valence-corrected chi connectivity index (χ3v) is 2.45. The van der Waals surface area contributed by atoms with Crippen molar-refractivity contribution >= 4 is 5.91 Å². The quantitative estimate of drug-likeness (QED) is 0.879. The second-order valence-corrected chi connectivity index (χ2v) is 3.68. The average Bonchev–Trinajstić information content (AvgIpc) is 2.77. The van der Waals surface area contributed by atoms with Gasteiger partial charge in [-0.1, -0.05) is 6.07 Å². The largest absolute Gasteiger partial charge is 0.416 e. The van der Waals surface area contributed by atoms with E-state index in [1.165, 1.54) is 29.0 Å². The van der Waals surface area contributed by atoms with Crippen LogP contribution in [-0.4, -0.2) is 10.5 Å². The standard InChI is InChI=1S/C12H9F3N2O/c13-12(14,15)8-3-1-4-9(7-8)17-6-2-5-10(17)11(16)18/h1-7H,(H2,16,18). The van der Waals surface area contributed by atoms with Crippen molar-refractivity contribution in [2.24, 2.45) is 5.73 Å². The Morgan fingerprint density at radius 1 is 1.17 bits per heavy atom. The zero-order valence-electron chi connectivity index (χ0n) is 9.11. The van der Waals surface area contributed by atoms with E-state index in [0.717, 1.165) is 12.1 Å². The fraction of sp³-hybridized carbons (Fsp3) is 0.0833. The predicted octanol–water partition coefficient (Wildman–Crippen LogP) is 2.60. The maximum atomic E-state index is 12.6. The summed E-state index contributed by atoms with van der Waals surface area (Å²) in [5.74, 6) is -0.697. The van der Waals surface area contributed by atoms with E-state index in [1.807, 2.05) is 0 Å². The van der Waals surface area contributed by atoms with E-state index in [1.54, 1.807) is 6.07 Å². The Labute approximate surface area is 101 Å². The third kappa shape index (κ3) is 2.22. The van der Waals surface area contributed by atoms with Crippen molar-refractivity contribution in [3.8, 4) is 5.69 Å². The SMILES string of the molecule is NC(=O)c1cccn1-c1cccc(C(F)(F)F)c1. The molecule has 0 saturated carbocycles. The number of amides is 1. The first-order valence-corrected chi connectivity index (χ1v) is 5.04. The van der Waals surface area contributed by atoms with E-state index in [4.69, 9.17) is 5.73 Å². The van der Waals surface area contributed by atoms with Crippen LogP contribution in [-0.2, 0) is 6.18 Å². The minimum absolute atomic E-state index is 0.134. The van der Waals surface area contributed by atoms with Gasteiger partial charge < -0.3 is 10.3 Å². The highest BCUT2D eigenvalue weighted by Crippen LogP contribution is 2.30. The van der Waals surface area contributed by atoms with Crippen LogP contribution in [0.5, 0.6) is 0 Å². The predicted molar refractivity (Wildman–Crippen MR) is 59.3 cm³/mol. The Hall–Kier alpha value is -2.24. The maximum absolute atomic E-state index is 12.6. The number of hydrogen-bond acceptors (Lipinski definition) is 1. The van der Waals surface area contributed by atoms with E-state index in [-0.39, 0.29) is 11.4 Å². The average molecular weight is 254 g/mol. The minimum atomic E-state index is -4.42. The number of halogens is 3. The topological polar surface area (TPSA) is 48.0 Å². The molecule has 2 aromatic rings. The summed E-state index contributed by atoms with van der Waals surface area (Å²) in [7, 11) is 0. The summed E-state index contributed by atoms with van der Waals surface area (Å²) in [6.45, 7) is 0. The molecule has 94 valence electrons. The second-order valence-electron chi connectivity index (χ2n) is 3.68. The lowest BCUT2D eigenvalue weighted by Gasteiger charge is -2.11. The summed E-state index contributed by atoms with van der Waals surface area (Å²) < 4.78 is 39.0. The van der Waals surface area contributed by atoms with Crippen LogP contribution in [0.3, 0.4) is 0 Å². The highest BCUT2D eigenvalue weighted by atomic mass is 19.4. The summed E-state index contributed by atoms with van der Waals surface area (Å²) in [6, 6.07) is 7.68. The van der Waals surface area contributed by atoms with Crippen molar-refractivity contribution in [2.45, 2.75) is 6.18 Å². The molecule has 0 aliphatic rings. The normalized spacial score (nSPS) is 11.5. The third-order valence-electron chi connectivity index (χ3n) is 2.45. The van der Waals surface area contributed by atoms with Crippen molar-refractivity contribution in [2.75, 3.05) is 0 Å². The fourth-order valence-corrected chi connectivity index (χ4v) is 1.64. The molecule has 1 heterocycles. The Bertz CT molecular complexity index is 587. The molecule has 0 radical (unpaired) electrons. The molecule has 2 N–H and O–H groups in total. The van der Waals surface area contributed by atoms with E-state index >= 15 is 0 Å². The van der Waals surface area contributed by atoms with E-state index < -0.39 is 17.6 Å². The highest BCUT2D eigenvalue weighted by Gasteiger charge is 2.30. The zero-order valence-corrected chi connectivity index (χ0v) is 9.11. The van der Waals surface area contributed by atoms with Crippen LogP contribution in [0.25, 0.3) is 5.69 Å². The molecular weight excluding hydrogens is 245 g/mol. The number of hydrogen-bond donors (Lipinski definition) is 1. The van der Waals surface area contributed by atoms with Crippen molar-refractivity contribution in [1.82, 2.24) is 4.57 Å². The number of aromatic nitrogens is 1. The lowest BCUT2D eigenvalue weighted by atomic mass is 10.2. The van der Waals surface area contributed by atoms with Crippen LogP contribution in [0.15, 0.2) is 42.6 Å². The first kappa shape index (κ1) is 12.2. The second kappa shape index (κ2) is 4.21. The number of nitrogens with two attached hydrogens (primary N) is 1. The van der Waals surface area contributed by atoms with Gasteiger partial charge in [0.05, 0.1) is 5.56 Å². The minimum Gasteiger partial charge on any atom is -0.364 e. The molecule has 0 atom stereocenters. The summed E-state index contributed by atoms with van der Waals surface area (Å²) >= 11 is 0. The molecule has 0 fully saturated rings. The van der Waals surface area contributed by atoms with Gasteiger partial charge in [-0.3, -0.25) is 4.79 Å². The van der Waals surface area contributed by atoms with Gasteiger partial charge in [0.1, 0.15) is 5.69 Å². The first-order chi connectivity index (χ1) is 8.39. The Kier molecular flexibility index (Phi) is 2.86. The van der Waals surface area contributed by atoms with E-state index in [2.05, 4.69) is 0 Å². The van der Waals surface area contributed by atoms with Gasteiger partial charge in [0.15, 0.2) is 0 Å². The molecule has 0 aliphatic heterocycles.